The quantitative estimate of drug-likeness (QED) is 0.763. The van der Waals surface area contributed by atoms with E-state index < -0.39 is 0 Å². The summed E-state index contributed by atoms with van der Waals surface area (Å²) in [4.78, 5) is 15.5. The number of nitrogens with zero attached hydrogens (tertiary/aromatic N) is 1. The number of hydrogen-bond acceptors (Lipinski definition) is 4. The molecular weight excluding hydrogens is 186 g/mol. The highest BCUT2D eigenvalue weighted by Crippen LogP contribution is 2.14. The average molecular weight is 199 g/mol. The fraction of sp³-hybridized carbons (Fsp3) is 0.500. The average Bonchev–Trinajstić information content (AvgIpc) is 2.49. The molecule has 0 aliphatic heterocycles. The minimum Gasteiger partial charge on any atom is -0.309 e. The van der Waals surface area contributed by atoms with E-state index in [2.05, 4.69) is 15.6 Å². The van der Waals surface area contributed by atoms with E-state index in [1.165, 1.54) is 11.3 Å². The molecule has 0 aliphatic carbocycles. The standard InChI is InChI=1S/C8H13N3OS/c1-5-4-13-8(10-5)11-7(12)6(2)9-3/h4,6,9H,1-3H3,(H,10,11,12)/t6-/m0/s1. The molecule has 5 heteroatoms. The number of anilines is 1. The summed E-state index contributed by atoms with van der Waals surface area (Å²) >= 11 is 1.43. The van der Waals surface area contributed by atoms with Gasteiger partial charge in [-0.1, -0.05) is 0 Å². The fourth-order valence-electron chi connectivity index (χ4n) is 0.756. The monoisotopic (exact) mass is 199 g/mol. The van der Waals surface area contributed by atoms with Crippen LogP contribution in [0.25, 0.3) is 0 Å². The lowest BCUT2D eigenvalue weighted by Gasteiger charge is -2.08. The number of aryl methyl sites for hydroxylation is 1. The summed E-state index contributed by atoms with van der Waals surface area (Å²) in [5, 5.41) is 8.14. The predicted octanol–water partition coefficient (Wildman–Crippen LogP) is 0.998. The third-order valence-corrected chi connectivity index (χ3v) is 2.55. The molecular formula is C8H13N3OS. The molecule has 1 aromatic rings. The van der Waals surface area contributed by atoms with Gasteiger partial charge >= 0.3 is 0 Å². The highest BCUT2D eigenvalue weighted by atomic mass is 32.1. The van der Waals surface area contributed by atoms with Crippen LogP contribution in [0.4, 0.5) is 5.13 Å². The van der Waals surface area contributed by atoms with Crippen molar-refractivity contribution in [3.05, 3.63) is 11.1 Å². The Morgan fingerprint density at radius 1 is 1.69 bits per heavy atom. The maximum absolute atomic E-state index is 11.3. The Bertz CT molecular complexity index is 297. The summed E-state index contributed by atoms with van der Waals surface area (Å²) in [5.74, 6) is -0.0585. The van der Waals surface area contributed by atoms with Gasteiger partial charge in [0.1, 0.15) is 0 Å². The molecule has 0 saturated heterocycles. The zero-order chi connectivity index (χ0) is 9.84. The van der Waals surface area contributed by atoms with E-state index in [4.69, 9.17) is 0 Å². The van der Waals surface area contributed by atoms with Crippen LogP contribution in [-0.2, 0) is 4.79 Å². The van der Waals surface area contributed by atoms with Gasteiger partial charge in [-0.05, 0) is 20.9 Å². The van der Waals surface area contributed by atoms with E-state index in [0.29, 0.717) is 5.13 Å². The van der Waals surface area contributed by atoms with E-state index >= 15 is 0 Å². The molecule has 0 bridgehead atoms. The summed E-state index contributed by atoms with van der Waals surface area (Å²) < 4.78 is 0. The van der Waals surface area contributed by atoms with Gasteiger partial charge in [0.05, 0.1) is 11.7 Å². The van der Waals surface area contributed by atoms with Crippen LogP contribution >= 0.6 is 11.3 Å². The summed E-state index contributed by atoms with van der Waals surface area (Å²) in [6.07, 6.45) is 0. The molecule has 2 N–H and O–H groups in total. The van der Waals surface area contributed by atoms with Gasteiger partial charge in [0, 0.05) is 5.38 Å². The first kappa shape index (κ1) is 10.1. The molecule has 0 aromatic carbocycles. The van der Waals surface area contributed by atoms with Crippen molar-refractivity contribution in [1.29, 1.82) is 0 Å². The van der Waals surface area contributed by atoms with Crippen molar-refractivity contribution in [2.45, 2.75) is 19.9 Å². The molecule has 4 nitrogen and oxygen atoms in total. The second-order valence-electron chi connectivity index (χ2n) is 2.79. The number of hydrogen-bond donors (Lipinski definition) is 2. The van der Waals surface area contributed by atoms with E-state index in [9.17, 15) is 4.79 Å². The first-order chi connectivity index (χ1) is 6.13. The van der Waals surface area contributed by atoms with Crippen molar-refractivity contribution in [2.24, 2.45) is 0 Å². The molecule has 0 unspecified atom stereocenters. The molecule has 0 saturated carbocycles. The maximum Gasteiger partial charge on any atom is 0.242 e. The molecule has 1 heterocycles. The Hall–Kier alpha value is -0.940. The normalized spacial score (nSPS) is 12.5. The SMILES string of the molecule is CN[C@@H](C)C(=O)Nc1nc(C)cs1. The Balaban J connectivity index is 2.54. The minimum atomic E-state index is -0.191. The second kappa shape index (κ2) is 4.34. The van der Waals surface area contributed by atoms with Crippen LogP contribution in [0, 0.1) is 6.92 Å². The third kappa shape index (κ3) is 2.78. The Kier molecular flexibility index (Phi) is 3.39. The van der Waals surface area contributed by atoms with E-state index in [1.807, 2.05) is 12.3 Å². The van der Waals surface area contributed by atoms with Crippen LogP contribution in [0.5, 0.6) is 0 Å². The van der Waals surface area contributed by atoms with Gasteiger partial charge in [0.25, 0.3) is 0 Å². The maximum atomic E-state index is 11.3. The molecule has 1 rings (SSSR count). The number of nitrogens with one attached hydrogen (secondary N) is 2. The summed E-state index contributed by atoms with van der Waals surface area (Å²) in [5.41, 5.74) is 0.928. The van der Waals surface area contributed by atoms with Crippen molar-refractivity contribution < 1.29 is 4.79 Å². The van der Waals surface area contributed by atoms with E-state index in [-0.39, 0.29) is 11.9 Å². The lowest BCUT2D eigenvalue weighted by Crippen LogP contribution is -2.35. The molecule has 0 spiro atoms. The molecule has 13 heavy (non-hydrogen) atoms. The lowest BCUT2D eigenvalue weighted by molar-refractivity contribution is -0.117. The number of carbonyl (C=O) groups is 1. The lowest BCUT2D eigenvalue weighted by atomic mass is 10.3. The molecule has 0 radical (unpaired) electrons. The number of carbonyl (C=O) groups excluding carboxylic acids is 1. The van der Waals surface area contributed by atoms with Gasteiger partial charge in [-0.15, -0.1) is 11.3 Å². The van der Waals surface area contributed by atoms with E-state index in [1.54, 1.807) is 14.0 Å². The number of aromatic nitrogens is 1. The largest absolute Gasteiger partial charge is 0.309 e. The van der Waals surface area contributed by atoms with Crippen LogP contribution in [0.1, 0.15) is 12.6 Å². The van der Waals surface area contributed by atoms with E-state index in [0.717, 1.165) is 5.69 Å². The van der Waals surface area contributed by atoms with Crippen LogP contribution in [0.15, 0.2) is 5.38 Å². The van der Waals surface area contributed by atoms with Gasteiger partial charge in [-0.25, -0.2) is 4.98 Å². The number of likely N-dealkylation sites (N-methyl/N-ethyl adjacent to an activating group) is 1. The first-order valence-electron chi connectivity index (χ1n) is 4.03. The van der Waals surface area contributed by atoms with Gasteiger partial charge in [-0.3, -0.25) is 4.79 Å². The number of thiazole rings is 1. The molecule has 0 fully saturated rings. The third-order valence-electron chi connectivity index (χ3n) is 1.68. The predicted molar refractivity (Wildman–Crippen MR) is 54.0 cm³/mol. The first-order valence-corrected chi connectivity index (χ1v) is 4.91. The summed E-state index contributed by atoms with van der Waals surface area (Å²) in [6, 6.07) is -0.191. The zero-order valence-corrected chi connectivity index (χ0v) is 8.73. The van der Waals surface area contributed by atoms with Crippen LogP contribution in [-0.4, -0.2) is 24.0 Å². The Morgan fingerprint density at radius 2 is 2.38 bits per heavy atom. The Labute approximate surface area is 81.4 Å². The molecule has 1 atom stereocenters. The molecule has 1 aromatic heterocycles. The van der Waals surface area contributed by atoms with Crippen LogP contribution < -0.4 is 10.6 Å². The smallest absolute Gasteiger partial charge is 0.242 e. The summed E-state index contributed by atoms with van der Waals surface area (Å²) in [7, 11) is 1.75. The molecule has 1 amide bonds. The minimum absolute atomic E-state index is 0.0585. The highest BCUT2D eigenvalue weighted by Gasteiger charge is 2.11. The topological polar surface area (TPSA) is 54.0 Å². The number of rotatable bonds is 3. The van der Waals surface area contributed by atoms with Gasteiger partial charge in [0.15, 0.2) is 5.13 Å². The Morgan fingerprint density at radius 3 is 2.85 bits per heavy atom. The van der Waals surface area contributed by atoms with Crippen molar-refractivity contribution in [2.75, 3.05) is 12.4 Å². The van der Waals surface area contributed by atoms with Crippen molar-refractivity contribution in [3.63, 3.8) is 0 Å². The molecule has 0 aliphatic rings. The fourth-order valence-corrected chi connectivity index (χ4v) is 1.45. The second-order valence-corrected chi connectivity index (χ2v) is 3.65. The zero-order valence-electron chi connectivity index (χ0n) is 7.92. The van der Waals surface area contributed by atoms with Crippen molar-refractivity contribution >= 4 is 22.4 Å². The van der Waals surface area contributed by atoms with Crippen molar-refractivity contribution in [1.82, 2.24) is 10.3 Å². The van der Waals surface area contributed by atoms with Gasteiger partial charge in [-0.2, -0.15) is 0 Å². The van der Waals surface area contributed by atoms with Gasteiger partial charge in [0.2, 0.25) is 5.91 Å². The van der Waals surface area contributed by atoms with Crippen LogP contribution in [0.2, 0.25) is 0 Å². The van der Waals surface area contributed by atoms with Crippen molar-refractivity contribution in [3.8, 4) is 0 Å². The molecule has 72 valence electrons. The number of amides is 1. The summed E-state index contributed by atoms with van der Waals surface area (Å²) in [6.45, 7) is 3.70. The van der Waals surface area contributed by atoms with Crippen LogP contribution in [0.3, 0.4) is 0 Å². The highest BCUT2D eigenvalue weighted by molar-refractivity contribution is 7.13. The van der Waals surface area contributed by atoms with Gasteiger partial charge < -0.3 is 10.6 Å².